The quantitative estimate of drug-likeness (QED) is 0.387. The van der Waals surface area contributed by atoms with Crippen LogP contribution in [0.1, 0.15) is 15.9 Å². The number of rotatable bonds is 7. The lowest BCUT2D eigenvalue weighted by molar-refractivity contribution is 0.100. The van der Waals surface area contributed by atoms with E-state index in [0.717, 1.165) is 29.0 Å². The van der Waals surface area contributed by atoms with Crippen LogP contribution in [0.3, 0.4) is 0 Å². The van der Waals surface area contributed by atoms with Crippen molar-refractivity contribution in [2.24, 2.45) is 11.5 Å². The average Bonchev–Trinajstić information content (AvgIpc) is 3.12. The Balaban J connectivity index is 1.47. The van der Waals surface area contributed by atoms with Gasteiger partial charge in [0.15, 0.2) is 0 Å². The lowest BCUT2D eigenvalue weighted by Gasteiger charge is -2.12. The van der Waals surface area contributed by atoms with Crippen LogP contribution in [0.5, 0.6) is 17.2 Å². The molecule has 2 heterocycles. The van der Waals surface area contributed by atoms with E-state index in [0.29, 0.717) is 48.3 Å². The summed E-state index contributed by atoms with van der Waals surface area (Å²) in [6, 6.07) is 22.8. The molecule has 4 aromatic rings. The lowest BCUT2D eigenvalue weighted by Crippen LogP contribution is -2.14. The molecule has 1 aromatic heterocycles. The average molecular weight is 456 g/mol. The van der Waals surface area contributed by atoms with Gasteiger partial charge in [0, 0.05) is 30.4 Å². The topological polar surface area (TPSA) is 117 Å². The fourth-order valence-corrected chi connectivity index (χ4v) is 4.00. The molecule has 1 amide bonds. The zero-order valence-electron chi connectivity index (χ0n) is 18.5. The molecule has 172 valence electrons. The minimum Gasteiger partial charge on any atom is -0.492 e. The molecule has 5 rings (SSSR count). The number of amides is 1. The zero-order chi connectivity index (χ0) is 23.5. The second-order valence-corrected chi connectivity index (χ2v) is 7.93. The first-order valence-corrected chi connectivity index (χ1v) is 11.1. The molecule has 0 aliphatic carbocycles. The van der Waals surface area contributed by atoms with E-state index in [4.69, 9.17) is 26.0 Å². The van der Waals surface area contributed by atoms with Crippen LogP contribution in [0.15, 0.2) is 72.8 Å². The van der Waals surface area contributed by atoms with E-state index in [2.05, 4.69) is 5.32 Å². The van der Waals surface area contributed by atoms with Crippen LogP contribution in [-0.4, -0.2) is 28.8 Å². The number of fused-ring (bicyclic) bond motifs is 2. The number of hydrogen-bond donors (Lipinski definition) is 3. The molecule has 0 bridgehead atoms. The highest BCUT2D eigenvalue weighted by Crippen LogP contribution is 2.36. The number of nitrogens with two attached hydrogens (primary N) is 2. The van der Waals surface area contributed by atoms with Gasteiger partial charge in [-0.05, 0) is 54.4 Å². The molecule has 0 atom stereocenters. The van der Waals surface area contributed by atoms with E-state index >= 15 is 0 Å². The maximum absolute atomic E-state index is 12.5. The highest BCUT2D eigenvalue weighted by Gasteiger charge is 2.26. The van der Waals surface area contributed by atoms with Gasteiger partial charge in [-0.25, -0.2) is 4.68 Å². The highest BCUT2D eigenvalue weighted by molar-refractivity contribution is 6.04. The van der Waals surface area contributed by atoms with Crippen molar-refractivity contribution in [1.29, 1.82) is 0 Å². The van der Waals surface area contributed by atoms with Gasteiger partial charge in [0.05, 0.1) is 0 Å². The predicted octanol–water partition coefficient (Wildman–Crippen LogP) is 4.08. The summed E-state index contributed by atoms with van der Waals surface area (Å²) in [4.78, 5) is 12.5. The number of nitrogens with zero attached hydrogens (tertiary/aromatic N) is 2. The van der Waals surface area contributed by atoms with Gasteiger partial charge in [-0.1, -0.05) is 24.3 Å². The van der Waals surface area contributed by atoms with E-state index in [1.165, 1.54) is 0 Å². The van der Waals surface area contributed by atoms with Crippen LogP contribution in [0.25, 0.3) is 11.3 Å². The Labute approximate surface area is 197 Å². The minimum absolute atomic E-state index is 0.345. The summed E-state index contributed by atoms with van der Waals surface area (Å²) < 4.78 is 13.3. The molecule has 0 radical (unpaired) electrons. The van der Waals surface area contributed by atoms with Gasteiger partial charge in [-0.15, -0.1) is 0 Å². The van der Waals surface area contributed by atoms with E-state index in [9.17, 15) is 4.79 Å². The number of anilines is 2. The SMILES string of the molecule is NCCOc1ccc2c(c1)Nc1c(C(N)=O)c(-c3ccc(Oc4ccccc4)cc3)nn1CC2. The Morgan fingerprint density at radius 2 is 1.74 bits per heavy atom. The molecule has 0 fully saturated rings. The van der Waals surface area contributed by atoms with Gasteiger partial charge in [0.25, 0.3) is 5.91 Å². The number of primary amides is 1. The molecule has 34 heavy (non-hydrogen) atoms. The Bertz CT molecular complexity index is 1320. The summed E-state index contributed by atoms with van der Waals surface area (Å²) in [5, 5.41) is 8.10. The molecular formula is C26H25N5O3. The Morgan fingerprint density at radius 3 is 2.47 bits per heavy atom. The van der Waals surface area contributed by atoms with Crippen molar-refractivity contribution in [2.45, 2.75) is 13.0 Å². The number of carbonyl (C=O) groups is 1. The number of ether oxygens (including phenoxy) is 2. The Kier molecular flexibility index (Phi) is 5.88. The molecule has 8 nitrogen and oxygen atoms in total. The molecule has 5 N–H and O–H groups in total. The molecule has 1 aliphatic heterocycles. The van der Waals surface area contributed by atoms with Gasteiger partial charge in [0.2, 0.25) is 0 Å². The molecule has 8 heteroatoms. The molecule has 0 unspecified atom stereocenters. The van der Waals surface area contributed by atoms with Crippen molar-refractivity contribution in [2.75, 3.05) is 18.5 Å². The summed E-state index contributed by atoms with van der Waals surface area (Å²) in [7, 11) is 0. The number of aryl methyl sites for hydroxylation is 2. The van der Waals surface area contributed by atoms with Crippen LogP contribution >= 0.6 is 0 Å². The third-order valence-corrected chi connectivity index (χ3v) is 5.62. The summed E-state index contributed by atoms with van der Waals surface area (Å²) in [6.45, 7) is 1.47. The largest absolute Gasteiger partial charge is 0.492 e. The summed E-state index contributed by atoms with van der Waals surface area (Å²) in [6.07, 6.45) is 0.746. The number of benzene rings is 3. The Hall–Kier alpha value is -4.30. The standard InChI is InChI=1S/C26H25N5O3/c27-13-15-33-21-11-6-17-12-14-31-26(29-22(17)16-21)23(25(28)32)24(30-31)18-7-9-20(10-8-18)34-19-4-2-1-3-5-19/h1-11,16,29H,12-15,27H2,(H2,28,32). The number of para-hydroxylation sites is 1. The van der Waals surface area contributed by atoms with Crippen LogP contribution in [0, 0.1) is 0 Å². The van der Waals surface area contributed by atoms with Crippen LogP contribution in [0.2, 0.25) is 0 Å². The van der Waals surface area contributed by atoms with Crippen LogP contribution < -0.4 is 26.3 Å². The number of nitrogens with one attached hydrogen (secondary N) is 1. The third kappa shape index (κ3) is 4.31. The molecule has 1 aliphatic rings. The smallest absolute Gasteiger partial charge is 0.254 e. The minimum atomic E-state index is -0.549. The summed E-state index contributed by atoms with van der Waals surface area (Å²) in [5.41, 5.74) is 15.0. The van der Waals surface area contributed by atoms with E-state index < -0.39 is 5.91 Å². The summed E-state index contributed by atoms with van der Waals surface area (Å²) in [5.74, 6) is 2.17. The van der Waals surface area contributed by atoms with E-state index in [1.54, 1.807) is 4.68 Å². The van der Waals surface area contributed by atoms with Gasteiger partial charge < -0.3 is 26.3 Å². The molecule has 0 spiro atoms. The molecule has 0 saturated carbocycles. The van der Waals surface area contributed by atoms with Crippen molar-refractivity contribution in [1.82, 2.24) is 9.78 Å². The summed E-state index contributed by atoms with van der Waals surface area (Å²) >= 11 is 0. The normalized spacial score (nSPS) is 12.1. The van der Waals surface area contributed by atoms with Gasteiger partial charge in [-0.3, -0.25) is 4.79 Å². The first kappa shape index (κ1) is 21.5. The van der Waals surface area contributed by atoms with Crippen molar-refractivity contribution < 1.29 is 14.3 Å². The van der Waals surface area contributed by atoms with Gasteiger partial charge in [0.1, 0.15) is 40.9 Å². The van der Waals surface area contributed by atoms with Crippen molar-refractivity contribution in [3.05, 3.63) is 83.9 Å². The number of aromatic nitrogens is 2. The molecule has 0 saturated heterocycles. The Morgan fingerprint density at radius 1 is 1.00 bits per heavy atom. The second kappa shape index (κ2) is 9.29. The van der Waals surface area contributed by atoms with Crippen LogP contribution in [-0.2, 0) is 13.0 Å². The van der Waals surface area contributed by atoms with Crippen molar-refractivity contribution >= 4 is 17.4 Å². The van der Waals surface area contributed by atoms with Crippen molar-refractivity contribution in [3.63, 3.8) is 0 Å². The first-order valence-electron chi connectivity index (χ1n) is 11.1. The zero-order valence-corrected chi connectivity index (χ0v) is 18.5. The fraction of sp³-hybridized carbons (Fsp3) is 0.154. The first-order chi connectivity index (χ1) is 16.6. The monoisotopic (exact) mass is 455 g/mol. The van der Waals surface area contributed by atoms with E-state index in [-0.39, 0.29) is 0 Å². The number of hydrogen-bond acceptors (Lipinski definition) is 6. The number of carbonyl (C=O) groups excluding carboxylic acids is 1. The maximum Gasteiger partial charge on any atom is 0.254 e. The van der Waals surface area contributed by atoms with Gasteiger partial charge >= 0.3 is 0 Å². The van der Waals surface area contributed by atoms with E-state index in [1.807, 2.05) is 72.8 Å². The predicted molar refractivity (Wildman–Crippen MR) is 131 cm³/mol. The highest BCUT2D eigenvalue weighted by atomic mass is 16.5. The van der Waals surface area contributed by atoms with Crippen molar-refractivity contribution in [3.8, 4) is 28.5 Å². The molecular weight excluding hydrogens is 430 g/mol. The third-order valence-electron chi connectivity index (χ3n) is 5.62. The van der Waals surface area contributed by atoms with Crippen LogP contribution in [0.4, 0.5) is 11.5 Å². The lowest BCUT2D eigenvalue weighted by atomic mass is 10.1. The van der Waals surface area contributed by atoms with Gasteiger partial charge in [-0.2, -0.15) is 5.10 Å². The second-order valence-electron chi connectivity index (χ2n) is 7.93. The maximum atomic E-state index is 12.5. The fourth-order valence-electron chi connectivity index (χ4n) is 4.00. The molecule has 3 aromatic carbocycles.